The third-order valence-corrected chi connectivity index (χ3v) is 6.81. The van der Waals surface area contributed by atoms with Crippen LogP contribution in [0.3, 0.4) is 0 Å². The number of hydrogen-bond donors (Lipinski definition) is 0. The van der Waals surface area contributed by atoms with E-state index < -0.39 is 15.8 Å². The van der Waals surface area contributed by atoms with E-state index >= 15 is 0 Å². The molecular formula is C19H21FN6O2S. The van der Waals surface area contributed by atoms with Crippen LogP contribution in [0.5, 0.6) is 0 Å². The summed E-state index contributed by atoms with van der Waals surface area (Å²) in [6, 6.07) is 11.1. The Balaban J connectivity index is 1.46. The first-order valence-corrected chi connectivity index (χ1v) is 10.7. The minimum Gasteiger partial charge on any atom is -0.352 e. The summed E-state index contributed by atoms with van der Waals surface area (Å²) >= 11 is 0. The van der Waals surface area contributed by atoms with Crippen molar-refractivity contribution in [2.45, 2.75) is 18.7 Å². The summed E-state index contributed by atoms with van der Waals surface area (Å²) in [7, 11) is -3.86. The van der Waals surface area contributed by atoms with E-state index in [1.807, 2.05) is 36.9 Å². The normalized spacial score (nSPS) is 15.6. The van der Waals surface area contributed by atoms with Gasteiger partial charge in [0.25, 0.3) is 0 Å². The lowest BCUT2D eigenvalue weighted by atomic mass is 10.3. The number of aryl methyl sites for hydroxylation is 2. The molecule has 29 heavy (non-hydrogen) atoms. The lowest BCUT2D eigenvalue weighted by molar-refractivity contribution is 0.381. The quantitative estimate of drug-likeness (QED) is 0.646. The van der Waals surface area contributed by atoms with Crippen molar-refractivity contribution in [2.24, 2.45) is 0 Å². The summed E-state index contributed by atoms with van der Waals surface area (Å²) in [5.41, 5.74) is 1.87. The van der Waals surface area contributed by atoms with Gasteiger partial charge in [0.2, 0.25) is 10.0 Å². The highest BCUT2D eigenvalue weighted by atomic mass is 32.2. The zero-order chi connectivity index (χ0) is 20.6. The molecule has 0 aliphatic carbocycles. The number of anilines is 1. The Bertz CT molecular complexity index is 1120. The summed E-state index contributed by atoms with van der Waals surface area (Å²) in [5, 5.41) is 12.9. The molecule has 0 unspecified atom stereocenters. The second-order valence-electron chi connectivity index (χ2n) is 6.91. The van der Waals surface area contributed by atoms with Gasteiger partial charge in [0, 0.05) is 31.9 Å². The van der Waals surface area contributed by atoms with Gasteiger partial charge in [-0.2, -0.15) is 9.40 Å². The highest BCUT2D eigenvalue weighted by Gasteiger charge is 2.30. The van der Waals surface area contributed by atoms with Gasteiger partial charge in [-0.25, -0.2) is 17.5 Å². The SMILES string of the molecule is Cc1cc(C)n(-c2ccc(N3CCN(S(=O)(=O)c4ccccc4F)CC3)nn2)n1. The van der Waals surface area contributed by atoms with Gasteiger partial charge in [0.1, 0.15) is 10.7 Å². The van der Waals surface area contributed by atoms with Crippen molar-refractivity contribution in [3.05, 3.63) is 59.7 Å². The van der Waals surface area contributed by atoms with Crippen LogP contribution in [-0.4, -0.2) is 58.9 Å². The van der Waals surface area contributed by atoms with Gasteiger partial charge < -0.3 is 4.90 Å². The molecule has 0 saturated carbocycles. The fraction of sp³-hybridized carbons (Fsp3) is 0.316. The fourth-order valence-electron chi connectivity index (χ4n) is 3.41. The Morgan fingerprint density at radius 3 is 2.17 bits per heavy atom. The Morgan fingerprint density at radius 1 is 0.931 bits per heavy atom. The Hall–Kier alpha value is -2.85. The standard InChI is InChI=1S/C19H21FN6O2S/c1-14-13-15(2)26(23-14)19-8-7-18(21-22-19)24-9-11-25(12-10-24)29(27,28)17-6-4-3-5-16(17)20/h3-8,13H,9-12H2,1-2H3. The first kappa shape index (κ1) is 19.5. The van der Waals surface area contributed by atoms with E-state index in [1.54, 1.807) is 4.68 Å². The highest BCUT2D eigenvalue weighted by molar-refractivity contribution is 7.89. The second-order valence-corrected chi connectivity index (χ2v) is 8.82. The van der Waals surface area contributed by atoms with Crippen LogP contribution >= 0.6 is 0 Å². The van der Waals surface area contributed by atoms with Gasteiger partial charge in [-0.15, -0.1) is 10.2 Å². The lowest BCUT2D eigenvalue weighted by Crippen LogP contribution is -2.49. The number of piperazine rings is 1. The van der Waals surface area contributed by atoms with Crippen molar-refractivity contribution in [2.75, 3.05) is 31.1 Å². The molecule has 8 nitrogen and oxygen atoms in total. The van der Waals surface area contributed by atoms with Crippen LogP contribution < -0.4 is 4.90 Å². The van der Waals surface area contributed by atoms with Crippen LogP contribution in [0.4, 0.5) is 10.2 Å². The van der Waals surface area contributed by atoms with E-state index in [1.165, 1.54) is 22.5 Å². The average Bonchev–Trinajstić information content (AvgIpc) is 3.06. The maximum absolute atomic E-state index is 13.9. The Kier molecular flexibility index (Phi) is 5.05. The first-order valence-electron chi connectivity index (χ1n) is 9.23. The fourth-order valence-corrected chi connectivity index (χ4v) is 4.90. The van der Waals surface area contributed by atoms with Gasteiger partial charge in [-0.3, -0.25) is 0 Å². The highest BCUT2D eigenvalue weighted by Crippen LogP contribution is 2.22. The zero-order valence-corrected chi connectivity index (χ0v) is 17.0. The molecule has 10 heteroatoms. The van der Waals surface area contributed by atoms with Crippen LogP contribution in [0.2, 0.25) is 0 Å². The molecule has 1 aliphatic heterocycles. The molecule has 3 heterocycles. The number of rotatable bonds is 4. The minimum absolute atomic E-state index is 0.248. The van der Waals surface area contributed by atoms with Crippen molar-refractivity contribution >= 4 is 15.8 Å². The van der Waals surface area contributed by atoms with Gasteiger partial charge in [0.05, 0.1) is 5.69 Å². The molecule has 4 rings (SSSR count). The van der Waals surface area contributed by atoms with Crippen molar-refractivity contribution in [3.8, 4) is 5.82 Å². The van der Waals surface area contributed by atoms with E-state index in [0.717, 1.165) is 17.5 Å². The number of nitrogens with zero attached hydrogens (tertiary/aromatic N) is 6. The molecular weight excluding hydrogens is 395 g/mol. The summed E-state index contributed by atoms with van der Waals surface area (Å²) in [6.45, 7) is 5.25. The van der Waals surface area contributed by atoms with E-state index in [2.05, 4.69) is 15.3 Å². The van der Waals surface area contributed by atoms with E-state index in [9.17, 15) is 12.8 Å². The molecule has 0 N–H and O–H groups in total. The second kappa shape index (κ2) is 7.53. The Morgan fingerprint density at radius 2 is 1.59 bits per heavy atom. The molecule has 0 spiro atoms. The molecule has 0 bridgehead atoms. The maximum atomic E-state index is 13.9. The van der Waals surface area contributed by atoms with Crippen LogP contribution in [0.15, 0.2) is 47.4 Å². The molecule has 0 atom stereocenters. The topological polar surface area (TPSA) is 84.2 Å². The largest absolute Gasteiger partial charge is 0.352 e. The van der Waals surface area contributed by atoms with Gasteiger partial charge >= 0.3 is 0 Å². The van der Waals surface area contributed by atoms with Crippen LogP contribution in [0.25, 0.3) is 5.82 Å². The Labute approximate surface area is 168 Å². The van der Waals surface area contributed by atoms with Crippen molar-refractivity contribution in [3.63, 3.8) is 0 Å². The third-order valence-electron chi connectivity index (χ3n) is 4.88. The van der Waals surface area contributed by atoms with Crippen molar-refractivity contribution in [1.82, 2.24) is 24.3 Å². The van der Waals surface area contributed by atoms with Crippen molar-refractivity contribution in [1.29, 1.82) is 0 Å². The number of benzene rings is 1. The van der Waals surface area contributed by atoms with Gasteiger partial charge in [-0.1, -0.05) is 12.1 Å². The zero-order valence-electron chi connectivity index (χ0n) is 16.2. The molecule has 1 saturated heterocycles. The number of halogens is 1. The smallest absolute Gasteiger partial charge is 0.246 e. The number of sulfonamides is 1. The predicted molar refractivity (Wildman–Crippen MR) is 106 cm³/mol. The monoisotopic (exact) mass is 416 g/mol. The molecule has 1 fully saturated rings. The van der Waals surface area contributed by atoms with Crippen LogP contribution in [-0.2, 0) is 10.0 Å². The van der Waals surface area contributed by atoms with Gasteiger partial charge in [0.15, 0.2) is 11.6 Å². The number of hydrogen-bond acceptors (Lipinski definition) is 6. The minimum atomic E-state index is -3.86. The number of aromatic nitrogens is 4. The molecule has 1 aromatic carbocycles. The molecule has 1 aliphatic rings. The van der Waals surface area contributed by atoms with Crippen LogP contribution in [0, 0.1) is 19.7 Å². The molecule has 2 aromatic heterocycles. The average molecular weight is 416 g/mol. The summed E-state index contributed by atoms with van der Waals surface area (Å²) in [5.74, 6) is 0.555. The van der Waals surface area contributed by atoms with E-state index in [0.29, 0.717) is 24.7 Å². The molecule has 3 aromatic rings. The summed E-state index contributed by atoms with van der Waals surface area (Å²) < 4.78 is 42.4. The summed E-state index contributed by atoms with van der Waals surface area (Å²) in [6.07, 6.45) is 0. The van der Waals surface area contributed by atoms with E-state index in [4.69, 9.17) is 0 Å². The first-order chi connectivity index (χ1) is 13.9. The maximum Gasteiger partial charge on any atom is 0.246 e. The predicted octanol–water partition coefficient (Wildman–Crippen LogP) is 1.93. The molecule has 0 amide bonds. The van der Waals surface area contributed by atoms with Crippen LogP contribution in [0.1, 0.15) is 11.4 Å². The lowest BCUT2D eigenvalue weighted by Gasteiger charge is -2.34. The van der Waals surface area contributed by atoms with E-state index in [-0.39, 0.29) is 18.0 Å². The third kappa shape index (κ3) is 3.73. The van der Waals surface area contributed by atoms with Gasteiger partial charge in [-0.05, 0) is 44.2 Å². The molecule has 152 valence electrons. The molecule has 0 radical (unpaired) electrons. The van der Waals surface area contributed by atoms with Crippen molar-refractivity contribution < 1.29 is 12.8 Å². The summed E-state index contributed by atoms with van der Waals surface area (Å²) in [4.78, 5) is 1.67.